The minimum Gasteiger partial charge on any atom is -0.346 e. The predicted molar refractivity (Wildman–Crippen MR) is 113 cm³/mol. The first-order chi connectivity index (χ1) is 13.5. The molecule has 1 atom stereocenters. The first-order valence-corrected chi connectivity index (χ1v) is 11.9. The van der Waals surface area contributed by atoms with Gasteiger partial charge in [-0.3, -0.25) is 18.8 Å². The molecule has 3 rings (SSSR count). The van der Waals surface area contributed by atoms with E-state index in [-0.39, 0.29) is 5.91 Å². The van der Waals surface area contributed by atoms with Crippen molar-refractivity contribution in [2.24, 2.45) is 0 Å². The summed E-state index contributed by atoms with van der Waals surface area (Å²) in [6.07, 6.45) is 1.75. The van der Waals surface area contributed by atoms with Crippen LogP contribution in [0.25, 0.3) is 0 Å². The van der Waals surface area contributed by atoms with Gasteiger partial charge in [-0.25, -0.2) is 0 Å². The predicted octanol–water partition coefficient (Wildman–Crippen LogP) is 1.27. The second-order valence-electron chi connectivity index (χ2n) is 7.06. The number of carbonyl (C=O) groups excluding carboxylic acids is 1. The lowest BCUT2D eigenvalue weighted by molar-refractivity contribution is 0.0950. The van der Waals surface area contributed by atoms with Crippen molar-refractivity contribution in [3.05, 3.63) is 45.4 Å². The van der Waals surface area contributed by atoms with E-state index < -0.39 is 10.8 Å². The molecule has 1 amide bonds. The van der Waals surface area contributed by atoms with Gasteiger partial charge >= 0.3 is 0 Å². The van der Waals surface area contributed by atoms with Crippen LogP contribution in [0, 0.1) is 6.92 Å². The Morgan fingerprint density at radius 2 is 1.82 bits per heavy atom. The summed E-state index contributed by atoms with van der Waals surface area (Å²) in [6, 6.07) is 8.09. The second kappa shape index (κ2) is 10.2. The molecule has 1 aliphatic heterocycles. The Bertz CT molecular complexity index is 801. The van der Waals surface area contributed by atoms with Crippen molar-refractivity contribution in [2.45, 2.75) is 20.0 Å². The molecule has 7 nitrogen and oxygen atoms in total. The van der Waals surface area contributed by atoms with Gasteiger partial charge in [0.2, 0.25) is 5.01 Å². The molecule has 0 unspecified atom stereocenters. The minimum absolute atomic E-state index is 0.179. The molecule has 2 heterocycles. The van der Waals surface area contributed by atoms with Crippen LogP contribution < -0.4 is 5.32 Å². The molecule has 0 radical (unpaired) electrons. The van der Waals surface area contributed by atoms with Crippen LogP contribution in [-0.2, 0) is 23.9 Å². The number of amides is 1. The lowest BCUT2D eigenvalue weighted by Gasteiger charge is -2.33. The molecule has 0 saturated carbocycles. The summed E-state index contributed by atoms with van der Waals surface area (Å²) in [6.45, 7) is 7.98. The zero-order valence-corrected chi connectivity index (χ0v) is 18.0. The molecule has 1 fully saturated rings. The van der Waals surface area contributed by atoms with E-state index in [0.29, 0.717) is 11.6 Å². The van der Waals surface area contributed by atoms with Crippen molar-refractivity contribution < 1.29 is 9.00 Å². The monoisotopic (exact) mass is 421 g/mol. The highest BCUT2D eigenvalue weighted by molar-refractivity contribution is 7.84. The Kier molecular flexibility index (Phi) is 7.66. The van der Waals surface area contributed by atoms with E-state index in [0.717, 1.165) is 55.6 Å². The van der Waals surface area contributed by atoms with E-state index in [1.807, 2.05) is 31.2 Å². The summed E-state index contributed by atoms with van der Waals surface area (Å²) in [7, 11) is -0.734. The van der Waals surface area contributed by atoms with Crippen molar-refractivity contribution in [1.29, 1.82) is 0 Å². The molecule has 1 aliphatic rings. The average molecular weight is 422 g/mol. The Morgan fingerprint density at radius 1 is 1.14 bits per heavy atom. The SMILES string of the molecule is Cc1ccc(CNC(=O)c2nnc(CN3CCN(CC[S@](C)=O)CC3)s2)cc1. The first kappa shape index (κ1) is 21.0. The molecule has 0 spiro atoms. The van der Waals surface area contributed by atoms with Gasteiger partial charge in [0.15, 0.2) is 0 Å². The van der Waals surface area contributed by atoms with Gasteiger partial charge in [0.25, 0.3) is 5.91 Å². The van der Waals surface area contributed by atoms with Crippen LogP contribution in [0.5, 0.6) is 0 Å². The molecule has 1 N–H and O–H groups in total. The third-order valence-corrected chi connectivity index (χ3v) is 6.42. The van der Waals surface area contributed by atoms with Crippen molar-refractivity contribution in [2.75, 3.05) is 44.7 Å². The number of piperazine rings is 1. The van der Waals surface area contributed by atoms with Crippen LogP contribution in [-0.4, -0.2) is 74.8 Å². The molecule has 0 aliphatic carbocycles. The number of hydrogen-bond donors (Lipinski definition) is 1. The topological polar surface area (TPSA) is 78.4 Å². The molecule has 28 heavy (non-hydrogen) atoms. The number of carbonyl (C=O) groups is 1. The maximum absolute atomic E-state index is 12.3. The van der Waals surface area contributed by atoms with Gasteiger partial charge in [0, 0.05) is 62.1 Å². The molecular weight excluding hydrogens is 394 g/mol. The molecule has 152 valence electrons. The summed E-state index contributed by atoms with van der Waals surface area (Å²) in [5.74, 6) is 0.555. The highest BCUT2D eigenvalue weighted by Gasteiger charge is 2.19. The lowest BCUT2D eigenvalue weighted by Crippen LogP contribution is -2.46. The molecule has 1 saturated heterocycles. The van der Waals surface area contributed by atoms with Gasteiger partial charge < -0.3 is 5.32 Å². The van der Waals surface area contributed by atoms with Crippen LogP contribution >= 0.6 is 11.3 Å². The van der Waals surface area contributed by atoms with Gasteiger partial charge in [0.05, 0.1) is 6.54 Å². The number of aryl methyl sites for hydroxylation is 1. The Labute approximate surface area is 172 Å². The van der Waals surface area contributed by atoms with Gasteiger partial charge in [-0.1, -0.05) is 41.2 Å². The number of aromatic nitrogens is 2. The third kappa shape index (κ3) is 6.44. The maximum Gasteiger partial charge on any atom is 0.282 e. The summed E-state index contributed by atoms with van der Waals surface area (Å²) in [5, 5.41) is 12.4. The summed E-state index contributed by atoms with van der Waals surface area (Å²) < 4.78 is 11.2. The van der Waals surface area contributed by atoms with E-state index in [2.05, 4.69) is 25.3 Å². The normalized spacial score (nSPS) is 16.8. The zero-order valence-electron chi connectivity index (χ0n) is 16.4. The van der Waals surface area contributed by atoms with Gasteiger partial charge in [0.1, 0.15) is 5.01 Å². The number of rotatable bonds is 8. The van der Waals surface area contributed by atoms with Gasteiger partial charge in [-0.2, -0.15) is 0 Å². The van der Waals surface area contributed by atoms with E-state index >= 15 is 0 Å². The van der Waals surface area contributed by atoms with Crippen molar-refractivity contribution >= 4 is 28.0 Å². The molecular formula is C19H27N5O2S2. The van der Waals surface area contributed by atoms with Crippen LogP contribution in [0.2, 0.25) is 0 Å². The second-order valence-corrected chi connectivity index (χ2v) is 9.68. The molecule has 1 aromatic carbocycles. The van der Waals surface area contributed by atoms with Crippen LogP contribution in [0.4, 0.5) is 0 Å². The molecule has 9 heteroatoms. The molecule has 2 aromatic rings. The van der Waals surface area contributed by atoms with E-state index in [1.54, 1.807) is 6.26 Å². The van der Waals surface area contributed by atoms with Gasteiger partial charge in [-0.05, 0) is 12.5 Å². The molecule has 1 aromatic heterocycles. The third-order valence-electron chi connectivity index (χ3n) is 4.75. The summed E-state index contributed by atoms with van der Waals surface area (Å²) in [5.41, 5.74) is 2.26. The number of benzene rings is 1. The van der Waals surface area contributed by atoms with Crippen molar-refractivity contribution in [3.63, 3.8) is 0 Å². The highest BCUT2D eigenvalue weighted by Crippen LogP contribution is 2.14. The van der Waals surface area contributed by atoms with Crippen molar-refractivity contribution in [1.82, 2.24) is 25.3 Å². The molecule has 0 bridgehead atoms. The standard InChI is InChI=1S/C19H27N5O2S2/c1-15-3-5-16(6-4-15)13-20-18(25)19-22-21-17(27-19)14-24-9-7-23(8-10-24)11-12-28(2)26/h3-6H,7-14H2,1-2H3,(H,20,25)/t28-/m0/s1. The Balaban J connectivity index is 1.43. The van der Waals surface area contributed by atoms with E-state index in [9.17, 15) is 9.00 Å². The number of nitrogens with zero attached hydrogens (tertiary/aromatic N) is 4. The minimum atomic E-state index is -0.734. The highest BCUT2D eigenvalue weighted by atomic mass is 32.2. The first-order valence-electron chi connectivity index (χ1n) is 9.40. The largest absolute Gasteiger partial charge is 0.346 e. The summed E-state index contributed by atoms with van der Waals surface area (Å²) >= 11 is 1.36. The fourth-order valence-electron chi connectivity index (χ4n) is 2.99. The smallest absolute Gasteiger partial charge is 0.282 e. The average Bonchev–Trinajstić information content (AvgIpc) is 3.15. The van der Waals surface area contributed by atoms with Crippen LogP contribution in [0.3, 0.4) is 0 Å². The van der Waals surface area contributed by atoms with Crippen molar-refractivity contribution in [3.8, 4) is 0 Å². The fraction of sp³-hybridized carbons (Fsp3) is 0.526. The maximum atomic E-state index is 12.3. The van der Waals surface area contributed by atoms with E-state index in [4.69, 9.17) is 0 Å². The van der Waals surface area contributed by atoms with Crippen LogP contribution in [0.1, 0.15) is 25.9 Å². The Morgan fingerprint density at radius 3 is 2.50 bits per heavy atom. The van der Waals surface area contributed by atoms with Gasteiger partial charge in [-0.15, -0.1) is 10.2 Å². The Hall–Kier alpha value is -1.68. The summed E-state index contributed by atoms with van der Waals surface area (Å²) in [4.78, 5) is 17.0. The zero-order chi connectivity index (χ0) is 19.9. The number of nitrogens with one attached hydrogen (secondary N) is 1. The fourth-order valence-corrected chi connectivity index (χ4v) is 4.31. The van der Waals surface area contributed by atoms with Crippen LogP contribution in [0.15, 0.2) is 24.3 Å². The number of hydrogen-bond acceptors (Lipinski definition) is 7. The lowest BCUT2D eigenvalue weighted by atomic mass is 10.1. The quantitative estimate of drug-likeness (QED) is 0.692. The van der Waals surface area contributed by atoms with E-state index in [1.165, 1.54) is 16.9 Å².